The van der Waals surface area contributed by atoms with Crippen molar-refractivity contribution in [1.29, 1.82) is 0 Å². The van der Waals surface area contributed by atoms with Gasteiger partial charge in [-0.05, 0) is 90.5 Å². The van der Waals surface area contributed by atoms with Crippen molar-refractivity contribution in [2.75, 3.05) is 14.2 Å². The van der Waals surface area contributed by atoms with Gasteiger partial charge in [-0.3, -0.25) is 9.79 Å². The van der Waals surface area contributed by atoms with E-state index < -0.39 is 0 Å². The molecule has 210 valence electrons. The van der Waals surface area contributed by atoms with Crippen molar-refractivity contribution in [2.24, 2.45) is 16.8 Å². The monoisotopic (exact) mass is 537 g/mol. The lowest BCUT2D eigenvalue weighted by Gasteiger charge is -2.21. The maximum absolute atomic E-state index is 13.3. The predicted molar refractivity (Wildman–Crippen MR) is 164 cm³/mol. The van der Waals surface area contributed by atoms with Crippen LogP contribution in [-0.2, 0) is 11.2 Å². The fourth-order valence-electron chi connectivity index (χ4n) is 6.62. The zero-order valence-electron chi connectivity index (χ0n) is 24.2. The standard InChI is InChI=1S/C36H43NO3/c1-39-31-21-26(22-32(25-31)40-2)11-8-19-36(38)29-15-7-6-14-28(16-9-17-29)33-18-10-20-37-35-24-30(23-34(33)35)27-12-4-3-5-13-27/h3-5,12-13,18,20-23,25,28-29H,6-11,14-17,19,24H2,1-2H3. The second-order valence-corrected chi connectivity index (χ2v) is 11.4. The number of ether oxygens (including phenoxy) is 2. The van der Waals surface area contributed by atoms with Crippen LogP contribution in [0, 0.1) is 11.8 Å². The summed E-state index contributed by atoms with van der Waals surface area (Å²) in [5.74, 6) is 2.81. The Morgan fingerprint density at radius 2 is 1.65 bits per heavy atom. The van der Waals surface area contributed by atoms with E-state index in [-0.39, 0.29) is 5.92 Å². The van der Waals surface area contributed by atoms with Crippen molar-refractivity contribution in [3.63, 3.8) is 0 Å². The van der Waals surface area contributed by atoms with Crippen LogP contribution in [0.5, 0.6) is 11.5 Å². The highest BCUT2D eigenvalue weighted by Gasteiger charge is 2.27. The molecule has 2 aromatic carbocycles. The summed E-state index contributed by atoms with van der Waals surface area (Å²) in [5, 5.41) is 0. The van der Waals surface area contributed by atoms with Crippen molar-refractivity contribution >= 4 is 17.6 Å². The van der Waals surface area contributed by atoms with Gasteiger partial charge in [0.1, 0.15) is 17.3 Å². The summed E-state index contributed by atoms with van der Waals surface area (Å²) in [7, 11) is 3.35. The first-order valence-corrected chi connectivity index (χ1v) is 15.1. The van der Waals surface area contributed by atoms with Gasteiger partial charge in [0.15, 0.2) is 0 Å². The highest BCUT2D eigenvalue weighted by molar-refractivity contribution is 5.81. The number of benzene rings is 2. The maximum Gasteiger partial charge on any atom is 0.135 e. The summed E-state index contributed by atoms with van der Waals surface area (Å²) in [6.07, 6.45) is 19.0. The summed E-state index contributed by atoms with van der Waals surface area (Å²) in [5.41, 5.74) is 7.91. The van der Waals surface area contributed by atoms with E-state index >= 15 is 0 Å². The third-order valence-electron chi connectivity index (χ3n) is 8.79. The largest absolute Gasteiger partial charge is 0.497 e. The Hall–Kier alpha value is -3.40. The van der Waals surface area contributed by atoms with E-state index in [1.54, 1.807) is 14.2 Å². The van der Waals surface area contributed by atoms with Gasteiger partial charge in [-0.15, -0.1) is 0 Å². The molecule has 1 saturated carbocycles. The van der Waals surface area contributed by atoms with Gasteiger partial charge in [-0.1, -0.05) is 55.7 Å². The number of hydrogen-bond donors (Lipinski definition) is 0. The number of nitrogens with zero attached hydrogens (tertiary/aromatic N) is 1. The fraction of sp³-hybridized carbons (Fsp3) is 0.444. The van der Waals surface area contributed by atoms with Gasteiger partial charge in [-0.25, -0.2) is 0 Å². The van der Waals surface area contributed by atoms with Crippen molar-refractivity contribution < 1.29 is 14.3 Å². The lowest BCUT2D eigenvalue weighted by molar-refractivity contribution is -0.123. The number of aryl methyl sites for hydroxylation is 1. The van der Waals surface area contributed by atoms with Crippen LogP contribution in [0.2, 0.25) is 0 Å². The van der Waals surface area contributed by atoms with Crippen LogP contribution < -0.4 is 9.47 Å². The lowest BCUT2D eigenvalue weighted by Crippen LogP contribution is -2.15. The second kappa shape index (κ2) is 13.8. The molecule has 3 aliphatic rings. The van der Waals surface area contributed by atoms with Gasteiger partial charge < -0.3 is 9.47 Å². The van der Waals surface area contributed by atoms with E-state index in [1.165, 1.54) is 40.8 Å². The Morgan fingerprint density at radius 1 is 0.925 bits per heavy atom. The molecule has 0 saturated heterocycles. The van der Waals surface area contributed by atoms with E-state index in [9.17, 15) is 4.79 Å². The average molecular weight is 538 g/mol. The number of carbonyl (C=O) groups is 1. The SMILES string of the molecule is COc1cc(CCCC(=O)C2CCCCC(C3=CCC=NC4=C3C=C(c3ccccc3)C4)CCC2)cc(OC)c1. The Bertz CT molecular complexity index is 1280. The molecule has 2 unspecified atom stereocenters. The molecule has 5 rings (SSSR count). The van der Waals surface area contributed by atoms with E-state index in [1.807, 2.05) is 18.2 Å². The van der Waals surface area contributed by atoms with E-state index in [2.05, 4.69) is 48.7 Å². The zero-order valence-corrected chi connectivity index (χ0v) is 24.2. The normalized spacial score (nSPS) is 21.4. The third kappa shape index (κ3) is 7.02. The topological polar surface area (TPSA) is 47.9 Å². The van der Waals surface area contributed by atoms with Crippen LogP contribution in [0.25, 0.3) is 5.57 Å². The van der Waals surface area contributed by atoms with Crippen LogP contribution in [-0.4, -0.2) is 26.2 Å². The summed E-state index contributed by atoms with van der Waals surface area (Å²) in [4.78, 5) is 18.1. The molecule has 2 aromatic rings. The molecule has 0 bridgehead atoms. The number of ketones is 1. The molecule has 0 radical (unpaired) electrons. The number of aliphatic imine (C=N–C) groups is 1. The quantitative estimate of drug-likeness (QED) is 0.321. The van der Waals surface area contributed by atoms with Crippen LogP contribution in [0.1, 0.15) is 81.8 Å². The molecule has 0 aromatic heterocycles. The Kier molecular flexibility index (Phi) is 9.70. The molecule has 1 aliphatic heterocycles. The van der Waals surface area contributed by atoms with Crippen LogP contribution in [0.3, 0.4) is 0 Å². The number of hydrogen-bond acceptors (Lipinski definition) is 4. The van der Waals surface area contributed by atoms with Crippen molar-refractivity contribution in [2.45, 2.75) is 77.0 Å². The van der Waals surface area contributed by atoms with Crippen LogP contribution in [0.4, 0.5) is 0 Å². The molecule has 4 heteroatoms. The number of methoxy groups -OCH3 is 2. The second-order valence-electron chi connectivity index (χ2n) is 11.4. The first-order valence-electron chi connectivity index (χ1n) is 15.1. The van der Waals surface area contributed by atoms with Gasteiger partial charge in [0.05, 0.1) is 19.9 Å². The first kappa shape index (κ1) is 28.1. The van der Waals surface area contributed by atoms with Crippen LogP contribution in [0.15, 0.2) is 82.5 Å². The molecule has 40 heavy (non-hydrogen) atoms. The Labute approximate surface area is 239 Å². The minimum absolute atomic E-state index is 0.205. The van der Waals surface area contributed by atoms with E-state index in [0.29, 0.717) is 18.1 Å². The van der Waals surface area contributed by atoms with Gasteiger partial charge in [-0.2, -0.15) is 0 Å². The number of rotatable bonds is 9. The molecule has 4 nitrogen and oxygen atoms in total. The molecule has 2 aliphatic carbocycles. The smallest absolute Gasteiger partial charge is 0.135 e. The molecular formula is C36H43NO3. The maximum atomic E-state index is 13.3. The molecule has 1 heterocycles. The average Bonchev–Trinajstić information content (AvgIpc) is 3.37. The number of Topliss-reactive ketones (excluding diaryl/α,β-unsaturated/α-hetero) is 1. The van der Waals surface area contributed by atoms with Gasteiger partial charge in [0.25, 0.3) is 0 Å². The van der Waals surface area contributed by atoms with Gasteiger partial charge >= 0.3 is 0 Å². The third-order valence-corrected chi connectivity index (χ3v) is 8.79. The molecule has 2 atom stereocenters. The first-order chi connectivity index (χ1) is 19.6. The summed E-state index contributed by atoms with van der Waals surface area (Å²) < 4.78 is 10.8. The number of allylic oxidation sites excluding steroid dienone is 5. The highest BCUT2D eigenvalue weighted by atomic mass is 16.5. The summed E-state index contributed by atoms with van der Waals surface area (Å²) in [6, 6.07) is 16.7. The summed E-state index contributed by atoms with van der Waals surface area (Å²) in [6.45, 7) is 0. The molecule has 1 fully saturated rings. The van der Waals surface area contributed by atoms with E-state index in [4.69, 9.17) is 14.5 Å². The van der Waals surface area contributed by atoms with E-state index in [0.717, 1.165) is 74.8 Å². The van der Waals surface area contributed by atoms with Crippen molar-refractivity contribution in [3.8, 4) is 11.5 Å². The van der Waals surface area contributed by atoms with Gasteiger partial charge in [0.2, 0.25) is 0 Å². The minimum Gasteiger partial charge on any atom is -0.497 e. The lowest BCUT2D eigenvalue weighted by atomic mass is 9.84. The Morgan fingerprint density at radius 3 is 2.42 bits per heavy atom. The highest BCUT2D eigenvalue weighted by Crippen LogP contribution is 2.42. The zero-order chi connectivity index (χ0) is 27.7. The molecule has 0 spiro atoms. The number of carbonyl (C=O) groups excluding carboxylic acids is 1. The van der Waals surface area contributed by atoms with Crippen molar-refractivity contribution in [3.05, 3.63) is 88.7 Å². The van der Waals surface area contributed by atoms with Crippen LogP contribution >= 0.6 is 0 Å². The van der Waals surface area contributed by atoms with Crippen molar-refractivity contribution in [1.82, 2.24) is 0 Å². The molecule has 0 amide bonds. The summed E-state index contributed by atoms with van der Waals surface area (Å²) >= 11 is 0. The Balaban J connectivity index is 1.18. The van der Waals surface area contributed by atoms with Gasteiger partial charge in [0, 0.05) is 37.5 Å². The fourth-order valence-corrected chi connectivity index (χ4v) is 6.62. The minimum atomic E-state index is 0.205. The molecule has 0 N–H and O–H groups in total. The predicted octanol–water partition coefficient (Wildman–Crippen LogP) is 8.71. The molecular weight excluding hydrogens is 494 g/mol.